The van der Waals surface area contributed by atoms with E-state index in [9.17, 15) is 8.42 Å². The average molecular weight is 317 g/mol. The number of nitrogens with zero attached hydrogens (tertiary/aromatic N) is 3. The molecule has 0 fully saturated rings. The van der Waals surface area contributed by atoms with Crippen molar-refractivity contribution in [2.75, 3.05) is 12.3 Å². The van der Waals surface area contributed by atoms with Gasteiger partial charge in [-0.15, -0.1) is 0 Å². The Morgan fingerprint density at radius 3 is 2.85 bits per heavy atom. The van der Waals surface area contributed by atoms with Gasteiger partial charge in [-0.25, -0.2) is 23.1 Å². The third kappa shape index (κ3) is 3.65. The van der Waals surface area contributed by atoms with E-state index in [1.54, 1.807) is 0 Å². The number of nitrogens with two attached hydrogens (primary N) is 1. The number of aromatic amines is 1. The Morgan fingerprint density at radius 2 is 2.20 bits per heavy atom. The second-order valence-electron chi connectivity index (χ2n) is 3.97. The van der Waals surface area contributed by atoms with E-state index in [1.165, 1.54) is 18.6 Å². The second kappa shape index (κ2) is 6.16. The molecular formula is C10H13ClN6O2S. The number of H-pyrrole nitrogens is 1. The van der Waals surface area contributed by atoms with Gasteiger partial charge < -0.3 is 5.73 Å². The number of sulfonamides is 1. The molecule has 0 saturated carbocycles. The zero-order chi connectivity index (χ0) is 14.6. The van der Waals surface area contributed by atoms with Gasteiger partial charge in [-0.1, -0.05) is 11.6 Å². The van der Waals surface area contributed by atoms with Gasteiger partial charge in [0.2, 0.25) is 10.0 Å². The monoisotopic (exact) mass is 316 g/mol. The maximum atomic E-state index is 12.0. The molecule has 0 spiro atoms. The number of rotatable bonds is 6. The standard InChI is InChI=1S/C10H13ClN6O2S/c11-8-4-7(5-13-10(8)12)20(18,19)16-3-1-2-9-14-6-15-17-9/h4-6,16H,1-3H2,(H2,12,13)(H,14,15,17). The Morgan fingerprint density at radius 1 is 1.40 bits per heavy atom. The first-order valence-corrected chi connectivity index (χ1v) is 7.60. The van der Waals surface area contributed by atoms with Gasteiger partial charge in [0.05, 0.1) is 5.02 Å². The van der Waals surface area contributed by atoms with Gasteiger partial charge in [0.15, 0.2) is 0 Å². The smallest absolute Gasteiger partial charge is 0.242 e. The number of nitrogens with one attached hydrogen (secondary N) is 2. The summed E-state index contributed by atoms with van der Waals surface area (Å²) < 4.78 is 26.4. The van der Waals surface area contributed by atoms with Crippen molar-refractivity contribution in [2.24, 2.45) is 0 Å². The Kier molecular flexibility index (Phi) is 4.53. The van der Waals surface area contributed by atoms with Crippen molar-refractivity contribution in [3.05, 3.63) is 29.4 Å². The molecule has 2 heterocycles. The number of hydrogen-bond donors (Lipinski definition) is 3. The summed E-state index contributed by atoms with van der Waals surface area (Å²) in [6.07, 6.45) is 3.76. The fourth-order valence-electron chi connectivity index (χ4n) is 1.47. The molecule has 10 heteroatoms. The maximum absolute atomic E-state index is 12.0. The molecule has 8 nitrogen and oxygen atoms in total. The van der Waals surface area contributed by atoms with Crippen LogP contribution in [0.15, 0.2) is 23.5 Å². The summed E-state index contributed by atoms with van der Waals surface area (Å²) in [5.41, 5.74) is 5.43. The predicted molar refractivity (Wildman–Crippen MR) is 73.6 cm³/mol. The van der Waals surface area contributed by atoms with Crippen LogP contribution >= 0.6 is 11.6 Å². The van der Waals surface area contributed by atoms with Crippen LogP contribution in [0.25, 0.3) is 0 Å². The highest BCUT2D eigenvalue weighted by Crippen LogP contribution is 2.19. The molecule has 2 aromatic rings. The Balaban J connectivity index is 1.92. The molecule has 0 aliphatic carbocycles. The van der Waals surface area contributed by atoms with Crippen molar-refractivity contribution in [1.82, 2.24) is 24.9 Å². The largest absolute Gasteiger partial charge is 0.382 e. The van der Waals surface area contributed by atoms with Crippen LogP contribution < -0.4 is 10.5 Å². The summed E-state index contributed by atoms with van der Waals surface area (Å²) in [7, 11) is -3.64. The fraction of sp³-hybridized carbons (Fsp3) is 0.300. The Hall–Kier alpha value is -1.71. The molecule has 0 bridgehead atoms. The van der Waals surface area contributed by atoms with Crippen LogP contribution in [-0.4, -0.2) is 35.1 Å². The molecule has 0 aliphatic heterocycles. The lowest BCUT2D eigenvalue weighted by Gasteiger charge is -2.07. The molecule has 2 aromatic heterocycles. The van der Waals surface area contributed by atoms with Crippen molar-refractivity contribution in [1.29, 1.82) is 0 Å². The predicted octanol–water partition coefficient (Wildman–Crippen LogP) is 0.346. The quantitative estimate of drug-likeness (QED) is 0.660. The van der Waals surface area contributed by atoms with Crippen LogP contribution in [0.5, 0.6) is 0 Å². The summed E-state index contributed by atoms with van der Waals surface area (Å²) in [6.45, 7) is 0.269. The number of nitrogen functional groups attached to an aromatic ring is 1. The first-order valence-electron chi connectivity index (χ1n) is 5.74. The van der Waals surface area contributed by atoms with Crippen LogP contribution in [0, 0.1) is 0 Å². The third-order valence-electron chi connectivity index (χ3n) is 2.50. The summed E-state index contributed by atoms with van der Waals surface area (Å²) in [5.74, 6) is 0.803. The maximum Gasteiger partial charge on any atom is 0.242 e. The molecule has 0 saturated heterocycles. The highest BCUT2D eigenvalue weighted by molar-refractivity contribution is 7.89. The normalized spacial score (nSPS) is 11.7. The molecule has 0 unspecified atom stereocenters. The number of halogens is 1. The van der Waals surface area contributed by atoms with Crippen LogP contribution in [-0.2, 0) is 16.4 Å². The van der Waals surface area contributed by atoms with Crippen LogP contribution in [0.1, 0.15) is 12.2 Å². The van der Waals surface area contributed by atoms with E-state index in [0.29, 0.717) is 18.7 Å². The van der Waals surface area contributed by atoms with Gasteiger partial charge in [0.1, 0.15) is 22.9 Å². The van der Waals surface area contributed by atoms with Crippen LogP contribution in [0.2, 0.25) is 5.02 Å². The topological polar surface area (TPSA) is 127 Å². The minimum absolute atomic E-state index is 0.0173. The molecule has 0 aliphatic rings. The number of pyridine rings is 1. The number of aryl methyl sites for hydroxylation is 1. The van der Waals surface area contributed by atoms with Crippen molar-refractivity contribution in [3.8, 4) is 0 Å². The van der Waals surface area contributed by atoms with Gasteiger partial charge in [-0.3, -0.25) is 5.10 Å². The van der Waals surface area contributed by atoms with Gasteiger partial charge in [0.25, 0.3) is 0 Å². The van der Waals surface area contributed by atoms with E-state index < -0.39 is 10.0 Å². The van der Waals surface area contributed by atoms with Gasteiger partial charge >= 0.3 is 0 Å². The van der Waals surface area contributed by atoms with Crippen LogP contribution in [0.4, 0.5) is 5.82 Å². The molecule has 4 N–H and O–H groups in total. The molecular weight excluding hydrogens is 304 g/mol. The lowest BCUT2D eigenvalue weighted by Crippen LogP contribution is -2.25. The first kappa shape index (κ1) is 14.7. The minimum Gasteiger partial charge on any atom is -0.382 e. The van der Waals surface area contributed by atoms with E-state index in [4.69, 9.17) is 17.3 Å². The molecule has 0 aromatic carbocycles. The molecule has 20 heavy (non-hydrogen) atoms. The first-order chi connectivity index (χ1) is 9.49. The summed E-state index contributed by atoms with van der Waals surface area (Å²) in [5, 5.41) is 6.51. The minimum atomic E-state index is -3.64. The van der Waals surface area contributed by atoms with E-state index in [1.807, 2.05) is 0 Å². The summed E-state index contributed by atoms with van der Waals surface area (Å²) >= 11 is 5.75. The van der Waals surface area contributed by atoms with Crippen molar-refractivity contribution >= 4 is 27.4 Å². The summed E-state index contributed by atoms with van der Waals surface area (Å²) in [6, 6.07) is 1.27. The van der Waals surface area contributed by atoms with E-state index in [0.717, 1.165) is 0 Å². The van der Waals surface area contributed by atoms with Gasteiger partial charge in [0, 0.05) is 19.2 Å². The van der Waals surface area contributed by atoms with Crippen LogP contribution in [0.3, 0.4) is 0 Å². The molecule has 0 radical (unpaired) electrons. The number of hydrogen-bond acceptors (Lipinski definition) is 6. The molecule has 0 atom stereocenters. The van der Waals surface area contributed by atoms with E-state index in [2.05, 4.69) is 24.9 Å². The van der Waals surface area contributed by atoms with E-state index in [-0.39, 0.29) is 22.3 Å². The van der Waals surface area contributed by atoms with Gasteiger partial charge in [-0.2, -0.15) is 5.10 Å². The molecule has 108 valence electrons. The average Bonchev–Trinajstić information content (AvgIpc) is 2.91. The zero-order valence-electron chi connectivity index (χ0n) is 10.4. The Bertz CT molecular complexity index is 673. The number of aromatic nitrogens is 4. The molecule has 0 amide bonds. The van der Waals surface area contributed by atoms with E-state index >= 15 is 0 Å². The SMILES string of the molecule is Nc1ncc(S(=O)(=O)NCCCc2ncn[nH]2)cc1Cl. The highest BCUT2D eigenvalue weighted by atomic mass is 35.5. The lowest BCUT2D eigenvalue weighted by atomic mass is 10.3. The van der Waals surface area contributed by atoms with Crippen molar-refractivity contribution in [3.63, 3.8) is 0 Å². The third-order valence-corrected chi connectivity index (χ3v) is 4.23. The molecule has 2 rings (SSSR count). The number of anilines is 1. The van der Waals surface area contributed by atoms with Crippen molar-refractivity contribution < 1.29 is 8.42 Å². The second-order valence-corrected chi connectivity index (χ2v) is 6.15. The summed E-state index contributed by atoms with van der Waals surface area (Å²) in [4.78, 5) is 7.64. The van der Waals surface area contributed by atoms with Crippen molar-refractivity contribution in [2.45, 2.75) is 17.7 Å². The Labute approximate surface area is 120 Å². The highest BCUT2D eigenvalue weighted by Gasteiger charge is 2.15. The lowest BCUT2D eigenvalue weighted by molar-refractivity contribution is 0.578. The fourth-order valence-corrected chi connectivity index (χ4v) is 2.75. The zero-order valence-corrected chi connectivity index (χ0v) is 11.9. The van der Waals surface area contributed by atoms with Gasteiger partial charge in [-0.05, 0) is 12.5 Å².